The van der Waals surface area contributed by atoms with Crippen LogP contribution in [0.1, 0.15) is 5.69 Å². The molecular weight excluding hydrogens is 210 g/mol. The molecule has 0 bridgehead atoms. The van der Waals surface area contributed by atoms with Crippen molar-refractivity contribution in [3.05, 3.63) is 16.5 Å². The molecule has 0 aliphatic rings. The minimum absolute atomic E-state index is 0.437. The molecule has 1 aromatic rings. The first-order chi connectivity index (χ1) is 5.25. The highest BCUT2D eigenvalue weighted by molar-refractivity contribution is 9.10. The highest BCUT2D eigenvalue weighted by Gasteiger charge is 2.03. The Balaban J connectivity index is 2.96. The van der Waals surface area contributed by atoms with E-state index in [1.54, 1.807) is 7.11 Å². The molecule has 0 saturated carbocycles. The topological polar surface area (TPSA) is 61.0 Å². The predicted octanol–water partition coefficient (Wildman–Crippen LogP) is 0.968. The van der Waals surface area contributed by atoms with Gasteiger partial charge in [0.1, 0.15) is 12.1 Å². The minimum atomic E-state index is 0.437. The first-order valence-electron chi connectivity index (χ1n) is 2.99. The van der Waals surface area contributed by atoms with Gasteiger partial charge in [0.2, 0.25) is 0 Å². The molecule has 2 N–H and O–H groups in total. The zero-order chi connectivity index (χ0) is 8.27. The SMILES string of the molecule is COCc1ncnc(N)c1Br. The van der Waals surface area contributed by atoms with Crippen LogP contribution in [0.25, 0.3) is 0 Å². The Kier molecular flexibility index (Phi) is 2.78. The molecule has 0 aliphatic heterocycles. The molecule has 4 nitrogen and oxygen atoms in total. The number of ether oxygens (including phenoxy) is 1. The van der Waals surface area contributed by atoms with Crippen molar-refractivity contribution < 1.29 is 4.74 Å². The van der Waals surface area contributed by atoms with Crippen LogP contribution in [-0.4, -0.2) is 17.1 Å². The number of hydrogen-bond donors (Lipinski definition) is 1. The predicted molar refractivity (Wildman–Crippen MR) is 44.9 cm³/mol. The summed E-state index contributed by atoms with van der Waals surface area (Å²) in [5, 5.41) is 0. The molecular formula is C6H8BrN3O. The van der Waals surface area contributed by atoms with Crippen LogP contribution in [-0.2, 0) is 11.3 Å². The molecule has 0 aliphatic carbocycles. The van der Waals surface area contributed by atoms with E-state index in [0.717, 1.165) is 5.69 Å². The van der Waals surface area contributed by atoms with Crippen molar-refractivity contribution in [3.63, 3.8) is 0 Å². The van der Waals surface area contributed by atoms with Gasteiger partial charge in [-0.15, -0.1) is 0 Å². The summed E-state index contributed by atoms with van der Waals surface area (Å²) >= 11 is 3.25. The number of hydrogen-bond acceptors (Lipinski definition) is 4. The number of halogens is 1. The van der Waals surface area contributed by atoms with Gasteiger partial charge in [-0.05, 0) is 15.9 Å². The van der Waals surface area contributed by atoms with Crippen LogP contribution < -0.4 is 5.73 Å². The van der Waals surface area contributed by atoms with Crippen LogP contribution >= 0.6 is 15.9 Å². The Bertz CT molecular complexity index is 254. The van der Waals surface area contributed by atoms with Crippen LogP contribution in [0.3, 0.4) is 0 Å². The largest absolute Gasteiger partial charge is 0.383 e. The van der Waals surface area contributed by atoms with Gasteiger partial charge in [-0.3, -0.25) is 0 Å². The maximum Gasteiger partial charge on any atom is 0.141 e. The second-order valence-corrected chi connectivity index (χ2v) is 2.75. The second-order valence-electron chi connectivity index (χ2n) is 1.95. The zero-order valence-electron chi connectivity index (χ0n) is 6.04. The third-order valence-corrected chi connectivity index (χ3v) is 2.03. The Labute approximate surface area is 72.9 Å². The van der Waals surface area contributed by atoms with E-state index in [9.17, 15) is 0 Å². The van der Waals surface area contributed by atoms with E-state index in [1.807, 2.05) is 0 Å². The number of nitrogens with zero attached hydrogens (tertiary/aromatic N) is 2. The minimum Gasteiger partial charge on any atom is -0.383 e. The quantitative estimate of drug-likeness (QED) is 0.803. The summed E-state index contributed by atoms with van der Waals surface area (Å²) in [5.74, 6) is 0.437. The van der Waals surface area contributed by atoms with Gasteiger partial charge in [-0.1, -0.05) is 0 Å². The maximum atomic E-state index is 5.50. The molecule has 0 unspecified atom stereocenters. The molecule has 60 valence electrons. The Morgan fingerprint density at radius 1 is 1.64 bits per heavy atom. The van der Waals surface area contributed by atoms with Crippen molar-refractivity contribution in [2.45, 2.75) is 6.61 Å². The molecule has 0 saturated heterocycles. The van der Waals surface area contributed by atoms with Gasteiger partial charge >= 0.3 is 0 Å². The molecule has 5 heteroatoms. The molecule has 0 aromatic carbocycles. The van der Waals surface area contributed by atoms with E-state index in [1.165, 1.54) is 6.33 Å². The van der Waals surface area contributed by atoms with Crippen molar-refractivity contribution >= 4 is 21.7 Å². The first-order valence-corrected chi connectivity index (χ1v) is 3.78. The summed E-state index contributed by atoms with van der Waals surface area (Å²) in [5.41, 5.74) is 6.26. The lowest BCUT2D eigenvalue weighted by Gasteiger charge is -2.02. The van der Waals surface area contributed by atoms with Gasteiger partial charge in [0.25, 0.3) is 0 Å². The van der Waals surface area contributed by atoms with E-state index in [-0.39, 0.29) is 0 Å². The maximum absolute atomic E-state index is 5.50. The Morgan fingerprint density at radius 2 is 2.36 bits per heavy atom. The smallest absolute Gasteiger partial charge is 0.141 e. The monoisotopic (exact) mass is 217 g/mol. The lowest BCUT2D eigenvalue weighted by Crippen LogP contribution is -1.99. The van der Waals surface area contributed by atoms with E-state index in [0.29, 0.717) is 16.9 Å². The molecule has 0 amide bonds. The van der Waals surface area contributed by atoms with E-state index >= 15 is 0 Å². The van der Waals surface area contributed by atoms with Crippen LogP contribution in [0, 0.1) is 0 Å². The summed E-state index contributed by atoms with van der Waals surface area (Å²) in [6.07, 6.45) is 1.41. The van der Waals surface area contributed by atoms with Crippen LogP contribution in [0.4, 0.5) is 5.82 Å². The fraction of sp³-hybridized carbons (Fsp3) is 0.333. The third kappa shape index (κ3) is 1.87. The molecule has 1 rings (SSSR count). The molecule has 0 radical (unpaired) electrons. The average molecular weight is 218 g/mol. The summed E-state index contributed by atoms with van der Waals surface area (Å²) < 4.78 is 5.60. The number of nitrogen functional groups attached to an aromatic ring is 1. The fourth-order valence-electron chi connectivity index (χ4n) is 0.659. The average Bonchev–Trinajstić information content (AvgIpc) is 1.99. The number of rotatable bonds is 2. The van der Waals surface area contributed by atoms with E-state index in [2.05, 4.69) is 25.9 Å². The van der Waals surface area contributed by atoms with Crippen molar-refractivity contribution in [2.24, 2.45) is 0 Å². The van der Waals surface area contributed by atoms with Crippen molar-refractivity contribution in [2.75, 3.05) is 12.8 Å². The molecule has 0 spiro atoms. The van der Waals surface area contributed by atoms with Gasteiger partial charge in [0.05, 0.1) is 16.8 Å². The van der Waals surface area contributed by atoms with Gasteiger partial charge in [-0.2, -0.15) is 0 Å². The zero-order valence-corrected chi connectivity index (χ0v) is 7.63. The van der Waals surface area contributed by atoms with Gasteiger partial charge in [-0.25, -0.2) is 9.97 Å². The van der Waals surface area contributed by atoms with Crippen molar-refractivity contribution in [1.29, 1.82) is 0 Å². The molecule has 0 atom stereocenters. The van der Waals surface area contributed by atoms with Crippen LogP contribution in [0.5, 0.6) is 0 Å². The third-order valence-electron chi connectivity index (χ3n) is 1.17. The van der Waals surface area contributed by atoms with Gasteiger partial charge < -0.3 is 10.5 Å². The first kappa shape index (κ1) is 8.42. The standard InChI is InChI=1S/C6H8BrN3O/c1-11-2-4-5(7)6(8)10-3-9-4/h3H,2H2,1H3,(H2,8,9,10). The summed E-state index contributed by atoms with van der Waals surface area (Å²) in [6, 6.07) is 0. The van der Waals surface area contributed by atoms with Crippen molar-refractivity contribution in [3.8, 4) is 0 Å². The van der Waals surface area contributed by atoms with Crippen LogP contribution in [0.2, 0.25) is 0 Å². The number of aromatic nitrogens is 2. The summed E-state index contributed by atoms with van der Waals surface area (Å²) in [6.45, 7) is 0.438. The van der Waals surface area contributed by atoms with Gasteiger partial charge in [0.15, 0.2) is 0 Å². The van der Waals surface area contributed by atoms with Crippen LogP contribution in [0.15, 0.2) is 10.8 Å². The molecule has 1 aromatic heterocycles. The second kappa shape index (κ2) is 3.64. The lowest BCUT2D eigenvalue weighted by atomic mass is 10.4. The molecule has 11 heavy (non-hydrogen) atoms. The summed E-state index contributed by atoms with van der Waals surface area (Å²) in [7, 11) is 1.60. The highest BCUT2D eigenvalue weighted by atomic mass is 79.9. The molecule has 0 fully saturated rings. The Morgan fingerprint density at radius 3 is 3.00 bits per heavy atom. The highest BCUT2D eigenvalue weighted by Crippen LogP contribution is 2.19. The fourth-order valence-corrected chi connectivity index (χ4v) is 0.978. The van der Waals surface area contributed by atoms with E-state index < -0.39 is 0 Å². The normalized spacial score (nSPS) is 10.0. The van der Waals surface area contributed by atoms with E-state index in [4.69, 9.17) is 10.5 Å². The lowest BCUT2D eigenvalue weighted by molar-refractivity contribution is 0.181. The van der Waals surface area contributed by atoms with Gasteiger partial charge in [0, 0.05) is 7.11 Å². The Hall–Kier alpha value is -0.680. The summed E-state index contributed by atoms with van der Waals surface area (Å²) in [4.78, 5) is 7.75. The number of methoxy groups -OCH3 is 1. The van der Waals surface area contributed by atoms with Crippen molar-refractivity contribution in [1.82, 2.24) is 9.97 Å². The number of nitrogens with two attached hydrogens (primary N) is 1. The molecule has 1 heterocycles. The number of anilines is 1.